The Morgan fingerprint density at radius 1 is 1.43 bits per heavy atom. The first-order valence-electron chi connectivity index (χ1n) is 6.73. The van der Waals surface area contributed by atoms with Crippen LogP contribution in [0, 0.1) is 0 Å². The number of nitrogens with two attached hydrogens (primary N) is 1. The lowest BCUT2D eigenvalue weighted by Gasteiger charge is -2.10. The van der Waals surface area contributed by atoms with Crippen molar-refractivity contribution in [1.29, 1.82) is 0 Å². The van der Waals surface area contributed by atoms with Crippen molar-refractivity contribution in [2.75, 3.05) is 0 Å². The van der Waals surface area contributed by atoms with Gasteiger partial charge in [-0.25, -0.2) is 4.99 Å². The normalized spacial score (nSPS) is 13.2. The third-order valence-electron chi connectivity index (χ3n) is 2.96. The minimum Gasteiger partial charge on any atom is -0.370 e. The molecule has 0 saturated carbocycles. The molecule has 0 amide bonds. The molecule has 7 heteroatoms. The van der Waals surface area contributed by atoms with E-state index in [0.29, 0.717) is 22.7 Å². The van der Waals surface area contributed by atoms with Gasteiger partial charge in [0.05, 0.1) is 0 Å². The third kappa shape index (κ3) is 4.46. The zero-order valence-electron chi connectivity index (χ0n) is 12.0. The molecule has 6 nitrogen and oxygen atoms in total. The highest BCUT2D eigenvalue weighted by Gasteiger charge is 2.08. The van der Waals surface area contributed by atoms with Gasteiger partial charge in [-0.1, -0.05) is 23.7 Å². The highest BCUT2D eigenvalue weighted by Crippen LogP contribution is 2.18. The van der Waals surface area contributed by atoms with Gasteiger partial charge in [-0.3, -0.25) is 0 Å². The highest BCUT2D eigenvalue weighted by molar-refractivity contribution is 6.30. The third-order valence-corrected chi connectivity index (χ3v) is 3.21. The van der Waals surface area contributed by atoms with E-state index in [4.69, 9.17) is 21.9 Å². The fourth-order valence-electron chi connectivity index (χ4n) is 1.59. The van der Waals surface area contributed by atoms with Gasteiger partial charge >= 0.3 is 0 Å². The molecule has 0 saturated heterocycles. The van der Waals surface area contributed by atoms with E-state index in [-0.39, 0.29) is 12.6 Å². The van der Waals surface area contributed by atoms with Crippen LogP contribution in [0.4, 0.5) is 0 Å². The van der Waals surface area contributed by atoms with Crippen LogP contribution in [0.1, 0.15) is 26.2 Å². The molecular weight excluding hydrogens is 290 g/mol. The molecule has 2 rings (SSSR count). The number of guanidine groups is 1. The molecule has 0 bridgehead atoms. The Balaban J connectivity index is 2.00. The predicted octanol–water partition coefficient (Wildman–Crippen LogP) is 2.59. The van der Waals surface area contributed by atoms with Gasteiger partial charge < -0.3 is 15.6 Å². The molecule has 3 N–H and O–H groups in total. The smallest absolute Gasteiger partial charge is 0.248 e. The van der Waals surface area contributed by atoms with Gasteiger partial charge in [-0.05, 0) is 37.6 Å². The molecule has 2 aromatic rings. The van der Waals surface area contributed by atoms with Crippen molar-refractivity contribution in [1.82, 2.24) is 15.5 Å². The van der Waals surface area contributed by atoms with E-state index in [1.54, 1.807) is 12.1 Å². The van der Waals surface area contributed by atoms with Crippen molar-refractivity contribution < 1.29 is 4.52 Å². The lowest BCUT2D eigenvalue weighted by molar-refractivity contribution is 0.380. The highest BCUT2D eigenvalue weighted by atomic mass is 35.5. The summed E-state index contributed by atoms with van der Waals surface area (Å²) in [7, 11) is 0. The zero-order valence-corrected chi connectivity index (χ0v) is 12.8. The number of aromatic nitrogens is 2. The molecule has 1 atom stereocenters. The SMILES string of the molecule is CCC(C)NC(N)=NCc1nc(-c2ccc(Cl)cc2)no1. The van der Waals surface area contributed by atoms with Gasteiger partial charge in [0.15, 0.2) is 5.96 Å². The molecule has 1 aromatic heterocycles. The number of nitrogens with zero attached hydrogens (tertiary/aromatic N) is 3. The number of rotatable bonds is 5. The molecule has 0 aliphatic heterocycles. The number of halogens is 1. The van der Waals surface area contributed by atoms with Crippen LogP contribution in [0.3, 0.4) is 0 Å². The van der Waals surface area contributed by atoms with Crippen molar-refractivity contribution in [3.63, 3.8) is 0 Å². The maximum atomic E-state index is 5.84. The van der Waals surface area contributed by atoms with E-state index in [1.165, 1.54) is 0 Å². The fourth-order valence-corrected chi connectivity index (χ4v) is 1.71. The summed E-state index contributed by atoms with van der Waals surface area (Å²) in [4.78, 5) is 8.44. The fraction of sp³-hybridized carbons (Fsp3) is 0.357. The van der Waals surface area contributed by atoms with E-state index in [0.717, 1.165) is 12.0 Å². The van der Waals surface area contributed by atoms with E-state index in [1.807, 2.05) is 19.1 Å². The zero-order chi connectivity index (χ0) is 15.2. The summed E-state index contributed by atoms with van der Waals surface area (Å²) >= 11 is 5.84. The van der Waals surface area contributed by atoms with Gasteiger partial charge in [0, 0.05) is 16.6 Å². The van der Waals surface area contributed by atoms with Crippen molar-refractivity contribution in [2.45, 2.75) is 32.9 Å². The largest absolute Gasteiger partial charge is 0.370 e. The van der Waals surface area contributed by atoms with Crippen LogP contribution in [-0.2, 0) is 6.54 Å². The molecule has 0 fully saturated rings. The Bertz CT molecular complexity index is 608. The second-order valence-corrected chi connectivity index (χ2v) is 5.11. The first-order chi connectivity index (χ1) is 10.1. The van der Waals surface area contributed by atoms with E-state index >= 15 is 0 Å². The van der Waals surface area contributed by atoms with Crippen molar-refractivity contribution in [2.24, 2.45) is 10.7 Å². The average Bonchev–Trinajstić information content (AvgIpc) is 2.94. The van der Waals surface area contributed by atoms with Crippen LogP contribution in [0.2, 0.25) is 5.02 Å². The van der Waals surface area contributed by atoms with Gasteiger partial charge in [-0.15, -0.1) is 0 Å². The number of hydrogen-bond acceptors (Lipinski definition) is 4. The number of hydrogen-bond donors (Lipinski definition) is 2. The standard InChI is InChI=1S/C14H18ClN5O/c1-3-9(2)18-14(16)17-8-12-19-13(20-21-12)10-4-6-11(15)7-5-10/h4-7,9H,3,8H2,1-2H3,(H3,16,17,18). The summed E-state index contributed by atoms with van der Waals surface area (Å²) in [5, 5.41) is 7.64. The Labute approximate surface area is 128 Å². The van der Waals surface area contributed by atoms with Crippen LogP contribution in [-0.4, -0.2) is 22.1 Å². The average molecular weight is 308 g/mol. The second kappa shape index (κ2) is 7.08. The Morgan fingerprint density at radius 2 is 2.14 bits per heavy atom. The number of benzene rings is 1. The van der Waals surface area contributed by atoms with E-state index in [9.17, 15) is 0 Å². The number of nitrogens with one attached hydrogen (secondary N) is 1. The quantitative estimate of drug-likeness (QED) is 0.654. The lowest BCUT2D eigenvalue weighted by Crippen LogP contribution is -2.38. The summed E-state index contributed by atoms with van der Waals surface area (Å²) < 4.78 is 5.15. The Kier molecular flexibility index (Phi) is 5.16. The van der Waals surface area contributed by atoms with Crippen LogP contribution in [0.15, 0.2) is 33.8 Å². The number of aliphatic imine (C=N–C) groups is 1. The molecule has 0 aliphatic rings. The van der Waals surface area contributed by atoms with Crippen LogP contribution >= 0.6 is 11.6 Å². The van der Waals surface area contributed by atoms with E-state index < -0.39 is 0 Å². The van der Waals surface area contributed by atoms with Gasteiger partial charge in [0.25, 0.3) is 0 Å². The first kappa shape index (κ1) is 15.3. The maximum Gasteiger partial charge on any atom is 0.248 e. The second-order valence-electron chi connectivity index (χ2n) is 4.67. The summed E-state index contributed by atoms with van der Waals surface area (Å²) in [5.41, 5.74) is 6.60. The molecule has 1 aromatic carbocycles. The van der Waals surface area contributed by atoms with Crippen LogP contribution < -0.4 is 11.1 Å². The monoisotopic (exact) mass is 307 g/mol. The van der Waals surface area contributed by atoms with Gasteiger partial charge in [-0.2, -0.15) is 4.98 Å². The van der Waals surface area contributed by atoms with Crippen LogP contribution in [0.5, 0.6) is 0 Å². The first-order valence-corrected chi connectivity index (χ1v) is 7.11. The van der Waals surface area contributed by atoms with Crippen molar-refractivity contribution in [3.05, 3.63) is 35.2 Å². The molecule has 1 heterocycles. The predicted molar refractivity (Wildman–Crippen MR) is 83.0 cm³/mol. The summed E-state index contributed by atoms with van der Waals surface area (Å²) in [5.74, 6) is 1.29. The van der Waals surface area contributed by atoms with Gasteiger partial charge in [0.1, 0.15) is 6.54 Å². The van der Waals surface area contributed by atoms with Crippen LogP contribution in [0.25, 0.3) is 11.4 Å². The molecule has 112 valence electrons. The Hall–Kier alpha value is -2.08. The molecular formula is C14H18ClN5O. The molecule has 0 aliphatic carbocycles. The molecule has 0 radical (unpaired) electrons. The molecule has 21 heavy (non-hydrogen) atoms. The minimum atomic E-state index is 0.246. The van der Waals surface area contributed by atoms with E-state index in [2.05, 4.69) is 27.4 Å². The molecule has 1 unspecified atom stereocenters. The van der Waals surface area contributed by atoms with Gasteiger partial charge in [0.2, 0.25) is 11.7 Å². The summed E-state index contributed by atoms with van der Waals surface area (Å²) in [6, 6.07) is 7.50. The molecule has 0 spiro atoms. The minimum absolute atomic E-state index is 0.246. The Morgan fingerprint density at radius 3 is 2.81 bits per heavy atom. The summed E-state index contributed by atoms with van der Waals surface area (Å²) in [6.45, 7) is 4.35. The van der Waals surface area contributed by atoms with Crippen molar-refractivity contribution in [3.8, 4) is 11.4 Å². The topological polar surface area (TPSA) is 89.3 Å². The van der Waals surface area contributed by atoms with Crippen molar-refractivity contribution >= 4 is 17.6 Å². The maximum absolute atomic E-state index is 5.84. The lowest BCUT2D eigenvalue weighted by atomic mass is 10.2. The summed E-state index contributed by atoms with van der Waals surface area (Å²) in [6.07, 6.45) is 0.970.